The van der Waals surface area contributed by atoms with Gasteiger partial charge in [0.2, 0.25) is 0 Å². The van der Waals surface area contributed by atoms with E-state index in [1.165, 1.54) is 0 Å². The van der Waals surface area contributed by atoms with E-state index in [0.717, 1.165) is 29.0 Å². The fourth-order valence-electron chi connectivity index (χ4n) is 2.10. The number of aryl methyl sites for hydroxylation is 1. The molecule has 2 heterocycles. The molecule has 2 aromatic heterocycles. The molecule has 3 N–H and O–H groups in total. The minimum atomic E-state index is -0.165. The van der Waals surface area contributed by atoms with Crippen LogP contribution in [0.4, 0.5) is 0 Å². The Hall–Kier alpha value is -1.22. The van der Waals surface area contributed by atoms with Crippen LogP contribution in [0.25, 0.3) is 0 Å². The van der Waals surface area contributed by atoms with Gasteiger partial charge in [0.05, 0.1) is 28.6 Å². The summed E-state index contributed by atoms with van der Waals surface area (Å²) in [6.07, 6.45) is 3.56. The van der Waals surface area contributed by atoms with Crippen LogP contribution in [-0.4, -0.2) is 45.1 Å². The zero-order chi connectivity index (χ0) is 14.7. The van der Waals surface area contributed by atoms with E-state index in [1.54, 1.807) is 17.1 Å². The van der Waals surface area contributed by atoms with Gasteiger partial charge in [-0.2, -0.15) is 10.2 Å². The first-order valence-electron chi connectivity index (χ1n) is 6.34. The van der Waals surface area contributed by atoms with E-state index in [0.29, 0.717) is 0 Å². The molecule has 0 radical (unpaired) electrons. The highest BCUT2D eigenvalue weighted by Gasteiger charge is 2.23. The molecule has 0 aliphatic rings. The molecular weight excluding hydrogens is 322 g/mol. The number of hydrazine groups is 1. The molecule has 8 heteroatoms. The van der Waals surface area contributed by atoms with E-state index in [4.69, 9.17) is 5.84 Å². The number of rotatable bonds is 6. The Morgan fingerprint density at radius 1 is 1.45 bits per heavy atom. The van der Waals surface area contributed by atoms with Crippen LogP contribution in [0.1, 0.15) is 17.4 Å². The van der Waals surface area contributed by atoms with Gasteiger partial charge < -0.3 is 4.90 Å². The minimum Gasteiger partial charge on any atom is -0.308 e. The Kier molecular flexibility index (Phi) is 4.92. The Morgan fingerprint density at radius 2 is 2.20 bits per heavy atom. The summed E-state index contributed by atoms with van der Waals surface area (Å²) in [4.78, 5) is 2.12. The predicted octanol–water partition coefficient (Wildman–Crippen LogP) is 0.493. The van der Waals surface area contributed by atoms with Crippen LogP contribution in [-0.2, 0) is 13.6 Å². The summed E-state index contributed by atoms with van der Waals surface area (Å²) in [7, 11) is 5.98. The average Bonchev–Trinajstić information content (AvgIpc) is 2.97. The molecule has 2 rings (SSSR count). The maximum Gasteiger partial charge on any atom is 0.106 e. The Bertz CT molecular complexity index is 560. The first-order valence-corrected chi connectivity index (χ1v) is 7.14. The second-order valence-electron chi connectivity index (χ2n) is 4.88. The summed E-state index contributed by atoms with van der Waals surface area (Å²) in [5, 5.41) is 8.61. The molecule has 20 heavy (non-hydrogen) atoms. The quantitative estimate of drug-likeness (QED) is 0.590. The molecule has 1 atom stereocenters. The van der Waals surface area contributed by atoms with Crippen molar-refractivity contribution in [2.24, 2.45) is 12.9 Å². The summed E-state index contributed by atoms with van der Waals surface area (Å²) < 4.78 is 4.70. The second kappa shape index (κ2) is 6.49. The highest BCUT2D eigenvalue weighted by Crippen LogP contribution is 2.27. The molecule has 110 valence electrons. The molecule has 1 unspecified atom stereocenters. The smallest absolute Gasteiger partial charge is 0.106 e. The number of nitrogens with one attached hydrogen (secondary N) is 1. The van der Waals surface area contributed by atoms with E-state index in [1.807, 2.05) is 31.9 Å². The first kappa shape index (κ1) is 15.2. The van der Waals surface area contributed by atoms with Gasteiger partial charge in [0.25, 0.3) is 0 Å². The molecular formula is C12H20BrN7. The van der Waals surface area contributed by atoms with E-state index in [9.17, 15) is 0 Å². The number of aromatic nitrogens is 4. The Labute approximate surface area is 126 Å². The van der Waals surface area contributed by atoms with Gasteiger partial charge in [-0.05, 0) is 36.1 Å². The van der Waals surface area contributed by atoms with E-state index >= 15 is 0 Å². The molecule has 0 aromatic carbocycles. The topological polar surface area (TPSA) is 76.9 Å². The lowest BCUT2D eigenvalue weighted by Gasteiger charge is -2.19. The van der Waals surface area contributed by atoms with Gasteiger partial charge in [0.1, 0.15) is 6.04 Å². The molecule has 0 aliphatic carbocycles. The molecule has 2 aromatic rings. The first-order chi connectivity index (χ1) is 9.54. The SMILES string of the molecule is CN(C)CCn1ncc(Br)c1C(NN)c1ccnn1C. The monoisotopic (exact) mass is 341 g/mol. The van der Waals surface area contributed by atoms with Crippen molar-refractivity contribution in [3.63, 3.8) is 0 Å². The summed E-state index contributed by atoms with van der Waals surface area (Å²) >= 11 is 3.55. The van der Waals surface area contributed by atoms with Crippen LogP contribution < -0.4 is 11.3 Å². The molecule has 0 spiro atoms. The third-order valence-electron chi connectivity index (χ3n) is 3.19. The molecule has 0 fully saturated rings. The maximum absolute atomic E-state index is 5.75. The summed E-state index contributed by atoms with van der Waals surface area (Å²) in [6.45, 7) is 1.70. The minimum absolute atomic E-state index is 0.165. The Balaban J connectivity index is 2.34. The number of likely N-dealkylation sites (N-methyl/N-ethyl adjacent to an activating group) is 1. The van der Waals surface area contributed by atoms with Gasteiger partial charge in [-0.1, -0.05) is 0 Å². The number of hydrogen-bond donors (Lipinski definition) is 2. The van der Waals surface area contributed by atoms with Crippen LogP contribution >= 0.6 is 15.9 Å². The van der Waals surface area contributed by atoms with Crippen LogP contribution in [0.5, 0.6) is 0 Å². The lowest BCUT2D eigenvalue weighted by atomic mass is 10.1. The maximum atomic E-state index is 5.75. The average molecular weight is 342 g/mol. The number of halogens is 1. The molecule has 0 saturated heterocycles. The van der Waals surface area contributed by atoms with Crippen LogP contribution in [0.15, 0.2) is 22.9 Å². The molecule has 0 amide bonds. The summed E-state index contributed by atoms with van der Waals surface area (Å²) in [5.41, 5.74) is 4.84. The van der Waals surface area contributed by atoms with E-state index < -0.39 is 0 Å². The van der Waals surface area contributed by atoms with E-state index in [2.05, 4.69) is 36.5 Å². The van der Waals surface area contributed by atoms with E-state index in [-0.39, 0.29) is 6.04 Å². The Morgan fingerprint density at radius 3 is 2.75 bits per heavy atom. The second-order valence-corrected chi connectivity index (χ2v) is 5.74. The molecule has 7 nitrogen and oxygen atoms in total. The number of hydrogen-bond acceptors (Lipinski definition) is 5. The van der Waals surface area contributed by atoms with Crippen LogP contribution in [0.3, 0.4) is 0 Å². The van der Waals surface area contributed by atoms with Crippen molar-refractivity contribution in [1.29, 1.82) is 0 Å². The van der Waals surface area contributed by atoms with Crippen molar-refractivity contribution >= 4 is 15.9 Å². The zero-order valence-corrected chi connectivity index (χ0v) is 13.5. The molecule has 0 saturated carbocycles. The van der Waals surface area contributed by atoms with Crippen molar-refractivity contribution < 1.29 is 0 Å². The molecule has 0 bridgehead atoms. The lowest BCUT2D eigenvalue weighted by Crippen LogP contribution is -2.33. The number of nitrogens with zero attached hydrogens (tertiary/aromatic N) is 5. The van der Waals surface area contributed by atoms with Gasteiger partial charge in [0.15, 0.2) is 0 Å². The van der Waals surface area contributed by atoms with Gasteiger partial charge in [-0.15, -0.1) is 0 Å². The van der Waals surface area contributed by atoms with Crippen molar-refractivity contribution in [3.8, 4) is 0 Å². The summed E-state index contributed by atoms with van der Waals surface area (Å²) in [5.74, 6) is 5.75. The molecule has 0 aliphatic heterocycles. The highest BCUT2D eigenvalue weighted by molar-refractivity contribution is 9.10. The zero-order valence-electron chi connectivity index (χ0n) is 11.9. The van der Waals surface area contributed by atoms with Gasteiger partial charge in [0, 0.05) is 19.8 Å². The number of nitrogens with two attached hydrogens (primary N) is 1. The van der Waals surface area contributed by atoms with Gasteiger partial charge >= 0.3 is 0 Å². The van der Waals surface area contributed by atoms with Crippen molar-refractivity contribution in [3.05, 3.63) is 34.3 Å². The van der Waals surface area contributed by atoms with Gasteiger partial charge in [-0.3, -0.25) is 15.2 Å². The van der Waals surface area contributed by atoms with Gasteiger partial charge in [-0.25, -0.2) is 5.43 Å². The normalized spacial score (nSPS) is 13.1. The highest BCUT2D eigenvalue weighted by atomic mass is 79.9. The van der Waals surface area contributed by atoms with Crippen LogP contribution in [0, 0.1) is 0 Å². The fraction of sp³-hybridized carbons (Fsp3) is 0.500. The fourth-order valence-corrected chi connectivity index (χ4v) is 2.63. The van der Waals surface area contributed by atoms with Crippen molar-refractivity contribution in [2.45, 2.75) is 12.6 Å². The largest absolute Gasteiger partial charge is 0.308 e. The van der Waals surface area contributed by atoms with Crippen molar-refractivity contribution in [1.82, 2.24) is 29.9 Å². The van der Waals surface area contributed by atoms with Crippen LogP contribution in [0.2, 0.25) is 0 Å². The predicted molar refractivity (Wildman–Crippen MR) is 80.9 cm³/mol. The standard InChI is InChI=1S/C12H20BrN7/c1-18(2)6-7-20-12(9(13)8-16-20)11(17-14)10-4-5-15-19(10)3/h4-5,8,11,17H,6-7,14H2,1-3H3. The third-order valence-corrected chi connectivity index (χ3v) is 3.80. The van der Waals surface area contributed by atoms with Crippen molar-refractivity contribution in [2.75, 3.05) is 20.6 Å². The summed E-state index contributed by atoms with van der Waals surface area (Å²) in [6, 6.07) is 1.78. The lowest BCUT2D eigenvalue weighted by molar-refractivity contribution is 0.364. The third kappa shape index (κ3) is 3.09.